The van der Waals surface area contributed by atoms with Gasteiger partial charge < -0.3 is 15.4 Å². The average molecular weight is 315 g/mol. The van der Waals surface area contributed by atoms with Crippen molar-refractivity contribution in [3.05, 3.63) is 28.2 Å². The summed E-state index contributed by atoms with van der Waals surface area (Å²) in [5, 5.41) is 0. The Morgan fingerprint density at radius 3 is 2.78 bits per heavy atom. The number of likely N-dealkylation sites (N-methyl/N-ethyl adjacent to an activating group) is 1. The van der Waals surface area contributed by atoms with Gasteiger partial charge in [0.2, 0.25) is 0 Å². The lowest BCUT2D eigenvalue weighted by Gasteiger charge is -2.28. The number of hydrogen-bond acceptors (Lipinski definition) is 3. The number of nitrogens with zero attached hydrogens (tertiary/aromatic N) is 1. The molecule has 0 saturated carbocycles. The van der Waals surface area contributed by atoms with E-state index >= 15 is 0 Å². The van der Waals surface area contributed by atoms with Crippen LogP contribution in [0, 0.1) is 0 Å². The Kier molecular flexibility index (Phi) is 5.62. The first-order chi connectivity index (χ1) is 8.52. The third kappa shape index (κ3) is 3.23. The van der Waals surface area contributed by atoms with Crippen molar-refractivity contribution in [3.8, 4) is 0 Å². The topological polar surface area (TPSA) is 55.6 Å². The number of carbonyl (C=O) groups excluding carboxylic acids is 1. The second kappa shape index (κ2) is 6.75. The van der Waals surface area contributed by atoms with Crippen molar-refractivity contribution in [1.82, 2.24) is 4.90 Å². The highest BCUT2D eigenvalue weighted by atomic mass is 79.9. The van der Waals surface area contributed by atoms with Gasteiger partial charge in [0.05, 0.1) is 22.7 Å². The molecule has 4 nitrogen and oxygen atoms in total. The van der Waals surface area contributed by atoms with E-state index in [4.69, 9.17) is 10.5 Å². The van der Waals surface area contributed by atoms with E-state index in [-0.39, 0.29) is 11.9 Å². The fourth-order valence-corrected chi connectivity index (χ4v) is 2.29. The van der Waals surface area contributed by atoms with Crippen molar-refractivity contribution in [2.24, 2.45) is 0 Å². The standard InChI is InChI=1S/C13H19BrN2O2/c1-4-16(9(2)8-18-3)13(17)10-6-5-7-11(15)12(10)14/h5-7,9H,4,8,15H2,1-3H3. The number of halogens is 1. The first-order valence-electron chi connectivity index (χ1n) is 5.86. The number of methoxy groups -OCH3 is 1. The van der Waals surface area contributed by atoms with Crippen molar-refractivity contribution in [2.75, 3.05) is 26.0 Å². The van der Waals surface area contributed by atoms with Crippen LogP contribution in [0.5, 0.6) is 0 Å². The van der Waals surface area contributed by atoms with Crippen LogP contribution >= 0.6 is 15.9 Å². The fourth-order valence-electron chi connectivity index (χ4n) is 1.86. The molecule has 0 radical (unpaired) electrons. The molecule has 5 heteroatoms. The van der Waals surface area contributed by atoms with Crippen molar-refractivity contribution < 1.29 is 9.53 Å². The van der Waals surface area contributed by atoms with E-state index in [2.05, 4.69) is 15.9 Å². The van der Waals surface area contributed by atoms with E-state index in [1.807, 2.05) is 13.8 Å². The number of nitrogen functional groups attached to an aromatic ring is 1. The Labute approximate surface area is 116 Å². The minimum absolute atomic E-state index is 0.0285. The zero-order chi connectivity index (χ0) is 13.7. The zero-order valence-electron chi connectivity index (χ0n) is 10.9. The highest BCUT2D eigenvalue weighted by Crippen LogP contribution is 2.25. The Morgan fingerprint density at radius 1 is 1.56 bits per heavy atom. The molecule has 1 aromatic carbocycles. The number of anilines is 1. The van der Waals surface area contributed by atoms with E-state index in [1.54, 1.807) is 30.2 Å². The number of rotatable bonds is 5. The summed E-state index contributed by atoms with van der Waals surface area (Å²) >= 11 is 3.36. The van der Waals surface area contributed by atoms with E-state index in [0.717, 1.165) is 0 Å². The summed E-state index contributed by atoms with van der Waals surface area (Å²) in [4.78, 5) is 14.2. The molecule has 0 aliphatic carbocycles. The molecule has 0 aliphatic heterocycles. The molecule has 1 aromatic rings. The largest absolute Gasteiger partial charge is 0.398 e. The minimum Gasteiger partial charge on any atom is -0.398 e. The van der Waals surface area contributed by atoms with Gasteiger partial charge in [0.1, 0.15) is 0 Å². The van der Waals surface area contributed by atoms with E-state index in [9.17, 15) is 4.79 Å². The van der Waals surface area contributed by atoms with Gasteiger partial charge in [0, 0.05) is 19.3 Å². The molecule has 2 N–H and O–H groups in total. The molecular formula is C13H19BrN2O2. The zero-order valence-corrected chi connectivity index (χ0v) is 12.5. The summed E-state index contributed by atoms with van der Waals surface area (Å²) in [5.74, 6) is -0.0405. The third-order valence-electron chi connectivity index (χ3n) is 2.80. The van der Waals surface area contributed by atoms with E-state index in [1.165, 1.54) is 0 Å². The fraction of sp³-hybridized carbons (Fsp3) is 0.462. The van der Waals surface area contributed by atoms with Gasteiger partial charge >= 0.3 is 0 Å². The predicted octanol–water partition coefficient (Wildman–Crippen LogP) is 2.53. The number of amides is 1. The number of ether oxygens (including phenoxy) is 1. The van der Waals surface area contributed by atoms with Crippen molar-refractivity contribution in [3.63, 3.8) is 0 Å². The van der Waals surface area contributed by atoms with Gasteiger partial charge in [-0.2, -0.15) is 0 Å². The van der Waals surface area contributed by atoms with Crippen LogP contribution in [0.1, 0.15) is 24.2 Å². The molecule has 0 fully saturated rings. The lowest BCUT2D eigenvalue weighted by molar-refractivity contribution is 0.0578. The second-order valence-corrected chi connectivity index (χ2v) is 4.90. The highest BCUT2D eigenvalue weighted by Gasteiger charge is 2.22. The number of benzene rings is 1. The van der Waals surface area contributed by atoms with Crippen LogP contribution in [0.15, 0.2) is 22.7 Å². The van der Waals surface area contributed by atoms with Gasteiger partial charge in [-0.05, 0) is 41.9 Å². The molecule has 0 aromatic heterocycles. The van der Waals surface area contributed by atoms with Gasteiger partial charge in [-0.25, -0.2) is 0 Å². The van der Waals surface area contributed by atoms with Crippen molar-refractivity contribution >= 4 is 27.5 Å². The Balaban J connectivity index is 3.00. The summed E-state index contributed by atoms with van der Waals surface area (Å²) in [5.41, 5.74) is 6.94. The molecule has 100 valence electrons. The number of carbonyl (C=O) groups is 1. The summed E-state index contributed by atoms with van der Waals surface area (Å²) < 4.78 is 5.75. The summed E-state index contributed by atoms with van der Waals surface area (Å²) in [6.07, 6.45) is 0. The number of nitrogens with two attached hydrogens (primary N) is 1. The maximum atomic E-state index is 12.5. The van der Waals surface area contributed by atoms with Crippen LogP contribution in [0.4, 0.5) is 5.69 Å². The Bertz CT molecular complexity index is 423. The molecule has 0 aliphatic rings. The molecule has 1 rings (SSSR count). The lowest BCUT2D eigenvalue weighted by Crippen LogP contribution is -2.41. The van der Waals surface area contributed by atoms with Crippen LogP contribution in [-0.2, 0) is 4.74 Å². The van der Waals surface area contributed by atoms with Crippen LogP contribution in [0.3, 0.4) is 0 Å². The first-order valence-corrected chi connectivity index (χ1v) is 6.66. The maximum Gasteiger partial charge on any atom is 0.255 e. The second-order valence-electron chi connectivity index (χ2n) is 4.10. The predicted molar refractivity (Wildman–Crippen MR) is 76.6 cm³/mol. The van der Waals surface area contributed by atoms with E-state index < -0.39 is 0 Å². The van der Waals surface area contributed by atoms with Crippen molar-refractivity contribution in [1.29, 1.82) is 0 Å². The number of hydrogen-bond donors (Lipinski definition) is 1. The molecule has 0 spiro atoms. The van der Waals surface area contributed by atoms with E-state index in [0.29, 0.717) is 28.9 Å². The smallest absolute Gasteiger partial charge is 0.255 e. The summed E-state index contributed by atoms with van der Waals surface area (Å²) in [7, 11) is 1.63. The van der Waals surface area contributed by atoms with Crippen LogP contribution in [-0.4, -0.2) is 37.1 Å². The average Bonchev–Trinajstić information content (AvgIpc) is 2.33. The molecule has 1 atom stereocenters. The molecular weight excluding hydrogens is 296 g/mol. The van der Waals surface area contributed by atoms with Crippen LogP contribution in [0.25, 0.3) is 0 Å². The van der Waals surface area contributed by atoms with Gasteiger partial charge in [0.15, 0.2) is 0 Å². The lowest BCUT2D eigenvalue weighted by atomic mass is 10.1. The highest BCUT2D eigenvalue weighted by molar-refractivity contribution is 9.10. The molecule has 0 heterocycles. The van der Waals surface area contributed by atoms with Gasteiger partial charge in [0.25, 0.3) is 5.91 Å². The monoisotopic (exact) mass is 314 g/mol. The Morgan fingerprint density at radius 2 is 2.22 bits per heavy atom. The third-order valence-corrected chi connectivity index (χ3v) is 3.69. The van der Waals surface area contributed by atoms with Gasteiger partial charge in [-0.3, -0.25) is 4.79 Å². The summed E-state index contributed by atoms with van der Waals surface area (Å²) in [6, 6.07) is 5.34. The SMILES string of the molecule is CCN(C(=O)c1cccc(N)c1Br)C(C)COC. The van der Waals surface area contributed by atoms with Crippen molar-refractivity contribution in [2.45, 2.75) is 19.9 Å². The van der Waals surface area contributed by atoms with Crippen LogP contribution in [0.2, 0.25) is 0 Å². The quantitative estimate of drug-likeness (QED) is 0.850. The molecule has 1 amide bonds. The maximum absolute atomic E-state index is 12.5. The first kappa shape index (κ1) is 15.0. The molecule has 0 saturated heterocycles. The Hall–Kier alpha value is -1.07. The van der Waals surface area contributed by atoms with Crippen LogP contribution < -0.4 is 5.73 Å². The van der Waals surface area contributed by atoms with Gasteiger partial charge in [-0.1, -0.05) is 6.07 Å². The normalized spacial score (nSPS) is 12.2. The molecule has 18 heavy (non-hydrogen) atoms. The minimum atomic E-state index is -0.0405. The van der Waals surface area contributed by atoms with Gasteiger partial charge in [-0.15, -0.1) is 0 Å². The molecule has 1 unspecified atom stereocenters. The summed E-state index contributed by atoms with van der Waals surface area (Å²) in [6.45, 7) is 5.06. The molecule has 0 bridgehead atoms.